The van der Waals surface area contributed by atoms with Gasteiger partial charge in [-0.05, 0) is 30.5 Å². The number of methoxy groups -OCH3 is 1. The molecule has 150 valence electrons. The number of carbonyl (C=O) groups excluding carboxylic acids is 2. The van der Waals surface area contributed by atoms with Crippen LogP contribution in [-0.2, 0) is 14.6 Å². The molecule has 1 fully saturated rings. The summed E-state index contributed by atoms with van der Waals surface area (Å²) in [6.07, 6.45) is 0.369. The van der Waals surface area contributed by atoms with Crippen LogP contribution in [0, 0.1) is 5.92 Å². The number of halogens is 1. The van der Waals surface area contributed by atoms with E-state index in [1.807, 2.05) is 0 Å². The number of sulfone groups is 1. The normalized spacial score (nSPS) is 19.4. The summed E-state index contributed by atoms with van der Waals surface area (Å²) in [5, 5.41) is 8.37. The summed E-state index contributed by atoms with van der Waals surface area (Å²) >= 11 is 5.97. The van der Waals surface area contributed by atoms with Gasteiger partial charge < -0.3 is 20.7 Å². The lowest BCUT2D eigenvalue weighted by Crippen LogP contribution is -2.52. The summed E-state index contributed by atoms with van der Waals surface area (Å²) in [7, 11) is -1.63. The van der Waals surface area contributed by atoms with Crippen molar-refractivity contribution in [2.75, 3.05) is 23.9 Å². The van der Waals surface area contributed by atoms with Crippen molar-refractivity contribution in [3.05, 3.63) is 23.2 Å². The van der Waals surface area contributed by atoms with Gasteiger partial charge in [0.05, 0.1) is 24.3 Å². The molecule has 1 aromatic carbocycles. The number of amides is 3. The molecule has 3 N–H and O–H groups in total. The lowest BCUT2D eigenvalue weighted by molar-refractivity contribution is -0.118. The van der Waals surface area contributed by atoms with Crippen LogP contribution in [0.15, 0.2) is 18.2 Å². The highest BCUT2D eigenvalue weighted by atomic mass is 35.5. The third-order valence-electron chi connectivity index (χ3n) is 4.22. The van der Waals surface area contributed by atoms with Gasteiger partial charge in [0, 0.05) is 11.1 Å². The summed E-state index contributed by atoms with van der Waals surface area (Å²) in [6, 6.07) is 2.97. The molecule has 2 atom stereocenters. The molecule has 0 aromatic heterocycles. The number of carbonyl (C=O) groups is 2. The first-order chi connectivity index (χ1) is 12.6. The molecule has 3 amide bonds. The fourth-order valence-electron chi connectivity index (χ4n) is 2.80. The van der Waals surface area contributed by atoms with E-state index in [-0.39, 0.29) is 17.4 Å². The van der Waals surface area contributed by atoms with Crippen LogP contribution in [0.1, 0.15) is 20.3 Å². The molecule has 2 rings (SSSR count). The van der Waals surface area contributed by atoms with E-state index in [0.29, 0.717) is 22.9 Å². The maximum atomic E-state index is 12.7. The maximum absolute atomic E-state index is 12.7. The molecule has 0 aliphatic carbocycles. The second-order valence-electron chi connectivity index (χ2n) is 6.77. The molecule has 1 unspecified atom stereocenters. The summed E-state index contributed by atoms with van der Waals surface area (Å²) < 4.78 is 28.2. The molecule has 0 spiro atoms. The van der Waals surface area contributed by atoms with Gasteiger partial charge in [-0.25, -0.2) is 13.2 Å². The summed E-state index contributed by atoms with van der Waals surface area (Å²) in [5.41, 5.74) is 0.393. The van der Waals surface area contributed by atoms with Gasteiger partial charge in [-0.2, -0.15) is 0 Å². The molecular weight excluding hydrogens is 394 g/mol. The van der Waals surface area contributed by atoms with Crippen molar-refractivity contribution in [3.8, 4) is 5.75 Å². The largest absolute Gasteiger partial charge is 0.495 e. The molecule has 10 heteroatoms. The van der Waals surface area contributed by atoms with Crippen molar-refractivity contribution in [3.63, 3.8) is 0 Å². The van der Waals surface area contributed by atoms with Crippen LogP contribution >= 0.6 is 11.6 Å². The Labute approximate surface area is 163 Å². The van der Waals surface area contributed by atoms with Gasteiger partial charge in [-0.1, -0.05) is 25.4 Å². The number of urea groups is 1. The van der Waals surface area contributed by atoms with Crippen LogP contribution in [0.3, 0.4) is 0 Å². The van der Waals surface area contributed by atoms with Crippen LogP contribution in [-0.4, -0.2) is 51.1 Å². The Morgan fingerprint density at radius 1 is 1.30 bits per heavy atom. The first-order valence-electron chi connectivity index (χ1n) is 8.53. The second kappa shape index (κ2) is 8.79. The molecule has 1 aliphatic rings. The van der Waals surface area contributed by atoms with Crippen LogP contribution in [0.2, 0.25) is 5.02 Å². The Bertz CT molecular complexity index is 813. The molecule has 0 radical (unpaired) electrons. The monoisotopic (exact) mass is 417 g/mol. The lowest BCUT2D eigenvalue weighted by Gasteiger charge is -2.23. The third-order valence-corrected chi connectivity index (χ3v) is 6.23. The van der Waals surface area contributed by atoms with Crippen molar-refractivity contribution in [1.29, 1.82) is 0 Å². The molecule has 0 saturated carbocycles. The topological polar surface area (TPSA) is 114 Å². The Balaban J connectivity index is 2.03. The van der Waals surface area contributed by atoms with Gasteiger partial charge in [0.15, 0.2) is 9.84 Å². The lowest BCUT2D eigenvalue weighted by atomic mass is 10.0. The Kier molecular flexibility index (Phi) is 6.94. The minimum atomic E-state index is -3.10. The van der Waals surface area contributed by atoms with E-state index >= 15 is 0 Å². The van der Waals surface area contributed by atoms with Crippen molar-refractivity contribution < 1.29 is 22.7 Å². The van der Waals surface area contributed by atoms with Gasteiger partial charge in [0.2, 0.25) is 5.91 Å². The molecular formula is C17H24ClN3O5S. The maximum Gasteiger partial charge on any atom is 0.315 e. The molecule has 1 aromatic rings. The van der Waals surface area contributed by atoms with E-state index < -0.39 is 33.9 Å². The zero-order chi connectivity index (χ0) is 20.2. The minimum Gasteiger partial charge on any atom is -0.495 e. The third kappa shape index (κ3) is 6.00. The summed E-state index contributed by atoms with van der Waals surface area (Å²) in [4.78, 5) is 24.9. The van der Waals surface area contributed by atoms with Crippen LogP contribution in [0.4, 0.5) is 10.5 Å². The number of rotatable bonds is 6. The number of hydrogen-bond donors (Lipinski definition) is 3. The van der Waals surface area contributed by atoms with Crippen LogP contribution in [0.5, 0.6) is 5.75 Å². The van der Waals surface area contributed by atoms with E-state index in [1.165, 1.54) is 7.11 Å². The molecule has 1 heterocycles. The zero-order valence-corrected chi connectivity index (χ0v) is 17.0. The molecule has 1 aliphatic heterocycles. The van der Waals surface area contributed by atoms with Crippen LogP contribution < -0.4 is 20.7 Å². The first-order valence-corrected chi connectivity index (χ1v) is 10.7. The van der Waals surface area contributed by atoms with E-state index in [4.69, 9.17) is 16.3 Å². The summed E-state index contributed by atoms with van der Waals surface area (Å²) in [5.74, 6) is -0.219. The number of anilines is 1. The molecule has 27 heavy (non-hydrogen) atoms. The van der Waals surface area contributed by atoms with Gasteiger partial charge in [0.25, 0.3) is 0 Å². The predicted molar refractivity (Wildman–Crippen MR) is 104 cm³/mol. The highest BCUT2D eigenvalue weighted by Crippen LogP contribution is 2.28. The Morgan fingerprint density at radius 2 is 2.00 bits per heavy atom. The first kappa shape index (κ1) is 21.3. The van der Waals surface area contributed by atoms with E-state index in [0.717, 1.165) is 0 Å². The fraction of sp³-hybridized carbons (Fsp3) is 0.529. The SMILES string of the molecule is COc1ccc(Cl)cc1NC(=O)[C@@H](NC(=O)NC1CCS(=O)(=O)C1)C(C)C. The fourth-order valence-corrected chi connectivity index (χ4v) is 4.65. The standard InChI is InChI=1S/C17H24ClN3O5S/c1-10(2)15(21-17(23)19-12-6-7-27(24,25)9-12)16(22)20-13-8-11(18)4-5-14(13)26-3/h4-5,8,10,12,15H,6-7,9H2,1-3H3,(H,20,22)(H2,19,21,23)/t12?,15-/m0/s1. The van der Waals surface area contributed by atoms with E-state index in [2.05, 4.69) is 16.0 Å². The summed E-state index contributed by atoms with van der Waals surface area (Å²) in [6.45, 7) is 3.58. The zero-order valence-electron chi connectivity index (χ0n) is 15.4. The second-order valence-corrected chi connectivity index (χ2v) is 9.44. The van der Waals surface area contributed by atoms with Crippen molar-refractivity contribution >= 4 is 39.1 Å². The van der Waals surface area contributed by atoms with E-state index in [9.17, 15) is 18.0 Å². The molecule has 1 saturated heterocycles. The highest BCUT2D eigenvalue weighted by Gasteiger charge is 2.31. The highest BCUT2D eigenvalue weighted by molar-refractivity contribution is 7.91. The van der Waals surface area contributed by atoms with Crippen molar-refractivity contribution in [1.82, 2.24) is 10.6 Å². The molecule has 8 nitrogen and oxygen atoms in total. The average Bonchev–Trinajstić information content (AvgIpc) is 2.91. The van der Waals surface area contributed by atoms with Gasteiger partial charge in [-0.3, -0.25) is 4.79 Å². The van der Waals surface area contributed by atoms with Gasteiger partial charge >= 0.3 is 6.03 Å². The number of nitrogens with one attached hydrogen (secondary N) is 3. The van der Waals surface area contributed by atoms with E-state index in [1.54, 1.807) is 32.0 Å². The average molecular weight is 418 g/mol. The predicted octanol–water partition coefficient (Wildman–Crippen LogP) is 1.80. The minimum absolute atomic E-state index is 0.0562. The van der Waals surface area contributed by atoms with Crippen molar-refractivity contribution in [2.24, 2.45) is 5.92 Å². The van der Waals surface area contributed by atoms with Gasteiger partial charge in [-0.15, -0.1) is 0 Å². The quantitative estimate of drug-likeness (QED) is 0.653. The van der Waals surface area contributed by atoms with Gasteiger partial charge in [0.1, 0.15) is 11.8 Å². The molecule has 0 bridgehead atoms. The Hall–Kier alpha value is -2.00. The van der Waals surface area contributed by atoms with Crippen molar-refractivity contribution in [2.45, 2.75) is 32.4 Å². The smallest absolute Gasteiger partial charge is 0.315 e. The Morgan fingerprint density at radius 3 is 2.56 bits per heavy atom. The number of hydrogen-bond acceptors (Lipinski definition) is 5. The number of ether oxygens (including phenoxy) is 1. The van der Waals surface area contributed by atoms with Crippen LogP contribution in [0.25, 0.3) is 0 Å². The number of benzene rings is 1.